The highest BCUT2D eigenvalue weighted by Crippen LogP contribution is 2.49. The van der Waals surface area contributed by atoms with E-state index in [1.807, 2.05) is 107 Å². The first-order valence-corrected chi connectivity index (χ1v) is 28.1. The average molecular weight is 1070 g/mol. The first-order valence-electron chi connectivity index (χ1n) is 25.8. The smallest absolute Gasteiger partial charge is 0.246 e. The number of thiazole rings is 1. The molecular formula is C56H66N10O8S2. The third-order valence-corrected chi connectivity index (χ3v) is 17.5. The molecule has 6 N–H and O–H groups in total. The Morgan fingerprint density at radius 2 is 1.67 bits per heavy atom. The van der Waals surface area contributed by atoms with E-state index in [1.165, 1.54) is 4.90 Å². The van der Waals surface area contributed by atoms with Crippen LogP contribution in [0.4, 0.5) is 11.4 Å². The van der Waals surface area contributed by atoms with Crippen molar-refractivity contribution in [2.75, 3.05) is 30.3 Å². The molecule has 3 aliphatic rings. The number of aliphatic hydroxyl groups is 2. The van der Waals surface area contributed by atoms with Crippen LogP contribution in [0, 0.1) is 25.2 Å². The van der Waals surface area contributed by atoms with Crippen molar-refractivity contribution in [1.82, 2.24) is 39.8 Å². The molecule has 9 rings (SSSR count). The highest BCUT2D eigenvalue weighted by molar-refractivity contribution is 7.89. The van der Waals surface area contributed by atoms with Gasteiger partial charge in [-0.2, -0.15) is 4.31 Å². The third kappa shape index (κ3) is 12.1. The minimum Gasteiger partial charge on any atom is -0.394 e. The Hall–Kier alpha value is -6.84. The molecule has 5 heterocycles. The van der Waals surface area contributed by atoms with Gasteiger partial charge in [0.2, 0.25) is 33.7 Å². The second kappa shape index (κ2) is 22.8. The lowest BCUT2D eigenvalue weighted by molar-refractivity contribution is -0.144. The molecule has 6 atom stereocenters. The highest BCUT2D eigenvalue weighted by atomic mass is 32.2. The molecule has 0 radical (unpaired) electrons. The Kier molecular flexibility index (Phi) is 16.2. The van der Waals surface area contributed by atoms with Crippen LogP contribution in [0.15, 0.2) is 108 Å². The summed E-state index contributed by atoms with van der Waals surface area (Å²) in [7, 11) is -3.83. The number of sulfonamides is 1. The number of nitrogens with one attached hydrogen (secondary N) is 4. The van der Waals surface area contributed by atoms with Crippen molar-refractivity contribution >= 4 is 56.4 Å². The number of aryl methyl sites for hydroxylation is 4. The molecule has 0 unspecified atom stereocenters. The number of benzene rings is 4. The van der Waals surface area contributed by atoms with Crippen molar-refractivity contribution in [3.63, 3.8) is 0 Å². The number of hydrogen-bond acceptors (Lipinski definition) is 13. The molecule has 3 aliphatic heterocycles. The third-order valence-electron chi connectivity index (χ3n) is 14.6. The van der Waals surface area contributed by atoms with Crippen LogP contribution in [0.1, 0.15) is 87.0 Å². The number of fused-ring (bicyclic) bond motifs is 3. The number of carbonyl (C=O) groups is 4. The first-order chi connectivity index (χ1) is 36.4. The number of hydrogen-bond donors (Lipinski definition) is 6. The lowest BCUT2D eigenvalue weighted by Gasteiger charge is -2.39. The van der Waals surface area contributed by atoms with Gasteiger partial charge in [0.05, 0.1) is 58.0 Å². The zero-order valence-corrected chi connectivity index (χ0v) is 45.0. The van der Waals surface area contributed by atoms with E-state index in [1.54, 1.807) is 50.8 Å². The molecule has 6 aromatic rings. The van der Waals surface area contributed by atoms with Gasteiger partial charge in [0.25, 0.3) is 0 Å². The molecule has 76 heavy (non-hydrogen) atoms. The maximum atomic E-state index is 14.1. The molecule has 18 nitrogen and oxygen atoms in total. The van der Waals surface area contributed by atoms with Crippen LogP contribution in [0.5, 0.6) is 0 Å². The predicted molar refractivity (Wildman–Crippen MR) is 290 cm³/mol. The summed E-state index contributed by atoms with van der Waals surface area (Å²) >= 11 is 1.57. The molecule has 400 valence electrons. The van der Waals surface area contributed by atoms with E-state index in [9.17, 15) is 37.8 Å². The number of likely N-dealkylation sites (tertiary alicyclic amines) is 1. The maximum Gasteiger partial charge on any atom is 0.246 e. The van der Waals surface area contributed by atoms with Gasteiger partial charge in [0.1, 0.15) is 12.1 Å². The minimum absolute atomic E-state index is 0.0000213. The van der Waals surface area contributed by atoms with Gasteiger partial charge >= 0.3 is 0 Å². The molecule has 4 aromatic carbocycles. The van der Waals surface area contributed by atoms with Crippen LogP contribution in [0.25, 0.3) is 21.6 Å². The topological polar surface area (TPSA) is 241 Å². The lowest BCUT2D eigenvalue weighted by atomic mass is 9.82. The fourth-order valence-corrected chi connectivity index (χ4v) is 13.0. The Balaban J connectivity index is 0.750. The fraction of sp³-hybridized carbons (Fsp3) is 0.411. The van der Waals surface area contributed by atoms with Crippen LogP contribution in [-0.2, 0) is 48.7 Å². The van der Waals surface area contributed by atoms with Gasteiger partial charge in [-0.25, -0.2) is 13.4 Å². The van der Waals surface area contributed by atoms with E-state index in [0.717, 1.165) is 49.6 Å². The van der Waals surface area contributed by atoms with E-state index < -0.39 is 45.6 Å². The molecule has 2 aromatic heterocycles. The Bertz CT molecular complexity index is 3190. The van der Waals surface area contributed by atoms with Crippen molar-refractivity contribution in [1.29, 1.82) is 0 Å². The fourth-order valence-electron chi connectivity index (χ4n) is 10.5. The van der Waals surface area contributed by atoms with Gasteiger partial charge in [0, 0.05) is 62.4 Å². The number of β-amino-alcohol motifs (C(OH)–C–C–N with tert-alkyl or cyclic N) is 1. The maximum absolute atomic E-state index is 14.1. The average Bonchev–Trinajstić information content (AvgIpc) is 4.26. The zero-order valence-electron chi connectivity index (χ0n) is 43.4. The number of anilines is 2. The van der Waals surface area contributed by atoms with Crippen LogP contribution in [0.3, 0.4) is 0 Å². The number of aliphatic hydroxyl groups excluding tert-OH is 2. The van der Waals surface area contributed by atoms with Crippen molar-refractivity contribution in [2.45, 2.75) is 121 Å². The van der Waals surface area contributed by atoms with Crippen molar-refractivity contribution in [3.8, 4) is 21.6 Å². The van der Waals surface area contributed by atoms with Crippen LogP contribution in [-0.4, -0.2) is 115 Å². The summed E-state index contributed by atoms with van der Waals surface area (Å²) in [6.45, 7) is 9.99. The number of aromatic nitrogens is 4. The standard InChI is InChI=1S/C56H66N10O8S2/c1-34-12-19-43(20-13-34)76(73,74)66-25-22-44-47(32-67)60-46-21-18-39(27-45(46)51(44)66)38-8-6-9-40(26-38)59-49(69)11-7-10-41-30-64(63-62-41)24-23-50(70)61-53(56(3,4)5)55(72)65-31-42(68)28-48(65)54(71)57-29-36-14-16-37(17-15-36)52-35(2)58-33-75-52/h6,8-9,12-21,26-27,30,33,42,44,47-48,51,53,60,67-68H,7,10-11,22-25,28-29,31-32H2,1-5H3,(H,57,71)(H,59,69)(H,61,70)/t42-,44-,47+,48+,51-,53-/m1/s1. The van der Waals surface area contributed by atoms with Crippen molar-refractivity contribution < 1.29 is 37.8 Å². The highest BCUT2D eigenvalue weighted by Gasteiger charge is 2.49. The monoisotopic (exact) mass is 1070 g/mol. The van der Waals surface area contributed by atoms with Crippen LogP contribution in [0.2, 0.25) is 0 Å². The van der Waals surface area contributed by atoms with Crippen molar-refractivity contribution in [2.24, 2.45) is 11.3 Å². The summed E-state index contributed by atoms with van der Waals surface area (Å²) in [6, 6.07) is 25.5. The molecular weight excluding hydrogens is 1000 g/mol. The molecule has 0 spiro atoms. The summed E-state index contributed by atoms with van der Waals surface area (Å²) in [5.74, 6) is -1.53. The normalized spacial score (nSPS) is 19.8. The summed E-state index contributed by atoms with van der Waals surface area (Å²) in [5.41, 5.74) is 9.51. The van der Waals surface area contributed by atoms with E-state index in [2.05, 4.69) is 36.6 Å². The second-order valence-corrected chi connectivity index (χ2v) is 24.0. The van der Waals surface area contributed by atoms with E-state index in [0.29, 0.717) is 37.2 Å². The van der Waals surface area contributed by atoms with Gasteiger partial charge in [-0.05, 0) is 103 Å². The number of carbonyl (C=O) groups excluding carboxylic acids is 4. The summed E-state index contributed by atoms with van der Waals surface area (Å²) < 4.78 is 31.3. The van der Waals surface area contributed by atoms with Crippen LogP contribution < -0.4 is 21.3 Å². The quantitative estimate of drug-likeness (QED) is 0.0550. The van der Waals surface area contributed by atoms with Crippen LogP contribution >= 0.6 is 11.3 Å². The van der Waals surface area contributed by atoms with Crippen molar-refractivity contribution in [3.05, 3.63) is 131 Å². The van der Waals surface area contributed by atoms with Gasteiger partial charge in [-0.15, -0.1) is 16.4 Å². The van der Waals surface area contributed by atoms with E-state index >= 15 is 0 Å². The molecule has 2 fully saturated rings. The lowest BCUT2D eigenvalue weighted by Crippen LogP contribution is -2.57. The first kappa shape index (κ1) is 54.0. The SMILES string of the molecule is Cc1ccc(S(=O)(=O)N2CC[C@@H]3[C@H](CO)Nc4ccc(-c5cccc(NC(=O)CCCc6cn(CCC(=O)N[C@H](C(=O)N7C[C@H](O)C[C@H]7C(=O)NCc7ccc(-c8scnc8C)cc7)C(C)(C)C)nn6)c5)cc4[C@@H]32)cc1. The zero-order chi connectivity index (χ0) is 53.9. The van der Waals surface area contributed by atoms with Gasteiger partial charge in [0.15, 0.2) is 0 Å². The Morgan fingerprint density at radius 3 is 2.39 bits per heavy atom. The van der Waals surface area contributed by atoms with Gasteiger partial charge < -0.3 is 36.4 Å². The molecule has 0 saturated carbocycles. The van der Waals surface area contributed by atoms with E-state index in [4.69, 9.17) is 0 Å². The minimum atomic E-state index is -3.83. The number of rotatable bonds is 18. The Morgan fingerprint density at radius 1 is 0.921 bits per heavy atom. The predicted octanol–water partition coefficient (Wildman–Crippen LogP) is 6.38. The summed E-state index contributed by atoms with van der Waals surface area (Å²) in [4.78, 5) is 61.3. The number of amides is 4. The second-order valence-electron chi connectivity index (χ2n) is 21.2. The Labute approximate surface area is 447 Å². The van der Waals surface area contributed by atoms with Gasteiger partial charge in [-0.3, -0.25) is 23.9 Å². The molecule has 2 saturated heterocycles. The molecule has 0 aliphatic carbocycles. The van der Waals surface area contributed by atoms with E-state index in [-0.39, 0.29) is 80.1 Å². The number of nitrogens with zero attached hydrogens (tertiary/aromatic N) is 6. The summed E-state index contributed by atoms with van der Waals surface area (Å²) in [5, 5.41) is 41.7. The largest absolute Gasteiger partial charge is 0.394 e. The van der Waals surface area contributed by atoms with Gasteiger partial charge in [-0.1, -0.05) is 86.1 Å². The molecule has 20 heteroatoms. The molecule has 4 amide bonds. The molecule has 0 bridgehead atoms. The summed E-state index contributed by atoms with van der Waals surface area (Å²) in [6.07, 6.45) is 2.69.